The van der Waals surface area contributed by atoms with Crippen LogP contribution in [0.1, 0.15) is 17.5 Å². The first-order valence-electron chi connectivity index (χ1n) is 10.6. The fraction of sp³-hybridized carbons (Fsp3) is 0.200. The lowest BCUT2D eigenvalue weighted by Crippen LogP contribution is -2.22. The average Bonchev–Trinajstić information content (AvgIpc) is 3.45. The third kappa shape index (κ3) is 3.46. The smallest absolute Gasteiger partial charge is 0.259 e. The lowest BCUT2D eigenvalue weighted by atomic mass is 9.95. The molecule has 0 bridgehead atoms. The van der Waals surface area contributed by atoms with E-state index in [2.05, 4.69) is 20.2 Å². The molecule has 0 aliphatic carbocycles. The Balaban J connectivity index is 1.58. The molecular weight excluding hydrogens is 404 g/mol. The second kappa shape index (κ2) is 8.01. The van der Waals surface area contributed by atoms with E-state index in [0.29, 0.717) is 28.9 Å². The van der Waals surface area contributed by atoms with E-state index in [9.17, 15) is 9.59 Å². The standard InChI is InChI=1S/C25H24N4O3/c1-29(2)10-5-11-32-15-8-9-21-17(12-15)19(14-27-21)23-22(24(30)28-25(23)31)18-13-26-20-7-4-3-6-16(18)20/h3-4,6-9,12-14,26-27H,5,10-11H2,1-2H3,(H,28,30,31). The molecule has 3 heterocycles. The predicted molar refractivity (Wildman–Crippen MR) is 125 cm³/mol. The van der Waals surface area contributed by atoms with Gasteiger partial charge in [0.1, 0.15) is 5.75 Å². The van der Waals surface area contributed by atoms with Crippen LogP contribution in [-0.2, 0) is 9.59 Å². The Kier molecular flexibility index (Phi) is 5.03. The number of para-hydroxylation sites is 1. The molecule has 5 rings (SSSR count). The van der Waals surface area contributed by atoms with Crippen molar-refractivity contribution in [3.8, 4) is 5.75 Å². The Bertz CT molecular complexity index is 1380. The molecule has 0 spiro atoms. The number of carbonyl (C=O) groups excluding carboxylic acids is 2. The van der Waals surface area contributed by atoms with Gasteiger partial charge in [-0.2, -0.15) is 0 Å². The summed E-state index contributed by atoms with van der Waals surface area (Å²) in [7, 11) is 4.07. The van der Waals surface area contributed by atoms with Gasteiger partial charge in [0.2, 0.25) is 0 Å². The van der Waals surface area contributed by atoms with Gasteiger partial charge in [-0.1, -0.05) is 18.2 Å². The molecule has 0 fully saturated rings. The number of fused-ring (bicyclic) bond motifs is 2. The summed E-state index contributed by atoms with van der Waals surface area (Å²) in [5, 5.41) is 4.21. The fourth-order valence-corrected chi connectivity index (χ4v) is 4.21. The lowest BCUT2D eigenvalue weighted by Gasteiger charge is -2.10. The van der Waals surface area contributed by atoms with Gasteiger partial charge in [0, 0.05) is 51.9 Å². The van der Waals surface area contributed by atoms with Crippen molar-refractivity contribution in [3.05, 3.63) is 66.0 Å². The molecule has 162 valence electrons. The van der Waals surface area contributed by atoms with Crippen LogP contribution < -0.4 is 10.1 Å². The van der Waals surface area contributed by atoms with Gasteiger partial charge in [-0.25, -0.2) is 0 Å². The van der Waals surface area contributed by atoms with E-state index in [1.807, 2.05) is 56.6 Å². The van der Waals surface area contributed by atoms with Crippen molar-refractivity contribution in [1.29, 1.82) is 0 Å². The maximum Gasteiger partial charge on any atom is 0.259 e. The van der Waals surface area contributed by atoms with Crippen molar-refractivity contribution >= 4 is 44.8 Å². The van der Waals surface area contributed by atoms with Crippen molar-refractivity contribution in [3.63, 3.8) is 0 Å². The molecule has 7 heteroatoms. The van der Waals surface area contributed by atoms with Crippen LogP contribution >= 0.6 is 0 Å². The highest BCUT2D eigenvalue weighted by Gasteiger charge is 2.34. The number of rotatable bonds is 7. The highest BCUT2D eigenvalue weighted by Crippen LogP contribution is 2.38. The maximum atomic E-state index is 12.9. The number of aromatic amines is 2. The molecule has 32 heavy (non-hydrogen) atoms. The Morgan fingerprint density at radius 3 is 2.22 bits per heavy atom. The van der Waals surface area contributed by atoms with Crippen molar-refractivity contribution in [2.45, 2.75) is 6.42 Å². The highest BCUT2D eigenvalue weighted by molar-refractivity contribution is 6.50. The second-order valence-electron chi connectivity index (χ2n) is 8.20. The van der Waals surface area contributed by atoms with Crippen molar-refractivity contribution < 1.29 is 14.3 Å². The zero-order chi connectivity index (χ0) is 22.2. The number of hydrogen-bond acceptors (Lipinski definition) is 4. The van der Waals surface area contributed by atoms with E-state index in [0.717, 1.165) is 40.5 Å². The minimum absolute atomic E-state index is 0.371. The maximum absolute atomic E-state index is 12.9. The number of carbonyl (C=O) groups is 2. The largest absolute Gasteiger partial charge is 0.494 e. The topological polar surface area (TPSA) is 90.2 Å². The third-order valence-corrected chi connectivity index (χ3v) is 5.73. The van der Waals surface area contributed by atoms with Crippen LogP contribution in [0.15, 0.2) is 54.9 Å². The van der Waals surface area contributed by atoms with Gasteiger partial charge in [0.15, 0.2) is 0 Å². The van der Waals surface area contributed by atoms with Crippen LogP contribution in [0.3, 0.4) is 0 Å². The van der Waals surface area contributed by atoms with E-state index < -0.39 is 5.91 Å². The number of benzene rings is 2. The first-order chi connectivity index (χ1) is 15.5. The van der Waals surface area contributed by atoms with Gasteiger partial charge in [-0.05, 0) is 44.8 Å². The third-order valence-electron chi connectivity index (χ3n) is 5.73. The molecular formula is C25H24N4O3. The summed E-state index contributed by atoms with van der Waals surface area (Å²) in [6, 6.07) is 13.5. The van der Waals surface area contributed by atoms with Crippen LogP contribution in [0.2, 0.25) is 0 Å². The van der Waals surface area contributed by atoms with E-state index in [4.69, 9.17) is 4.74 Å². The molecule has 1 aliphatic heterocycles. The summed E-state index contributed by atoms with van der Waals surface area (Å²) in [5.74, 6) is -0.0511. The molecule has 0 saturated carbocycles. The van der Waals surface area contributed by atoms with E-state index in [1.165, 1.54) is 0 Å². The first-order valence-corrected chi connectivity index (χ1v) is 10.6. The molecule has 0 radical (unpaired) electrons. The van der Waals surface area contributed by atoms with Crippen molar-refractivity contribution in [2.24, 2.45) is 0 Å². The van der Waals surface area contributed by atoms with Gasteiger partial charge in [0.25, 0.3) is 11.8 Å². The van der Waals surface area contributed by atoms with Gasteiger partial charge in [0.05, 0.1) is 17.8 Å². The number of nitrogens with zero attached hydrogens (tertiary/aromatic N) is 1. The number of ether oxygens (including phenoxy) is 1. The van der Waals surface area contributed by atoms with Crippen molar-refractivity contribution in [2.75, 3.05) is 27.2 Å². The molecule has 7 nitrogen and oxygen atoms in total. The number of H-pyrrole nitrogens is 2. The van der Waals surface area contributed by atoms with Crippen LogP contribution in [0, 0.1) is 0 Å². The number of imide groups is 1. The van der Waals surface area contributed by atoms with E-state index in [-0.39, 0.29) is 5.91 Å². The van der Waals surface area contributed by atoms with Gasteiger partial charge < -0.3 is 19.6 Å². The molecule has 3 N–H and O–H groups in total. The Hall–Kier alpha value is -3.84. The zero-order valence-electron chi connectivity index (χ0n) is 18.0. The second-order valence-corrected chi connectivity index (χ2v) is 8.20. The summed E-state index contributed by atoms with van der Waals surface area (Å²) in [5.41, 5.74) is 3.93. The molecule has 4 aromatic rings. The molecule has 2 aromatic carbocycles. The summed E-state index contributed by atoms with van der Waals surface area (Å²) in [4.78, 5) is 34.2. The molecule has 2 amide bonds. The van der Waals surface area contributed by atoms with Crippen LogP contribution in [-0.4, -0.2) is 53.9 Å². The molecule has 0 unspecified atom stereocenters. The fourth-order valence-electron chi connectivity index (χ4n) is 4.21. The molecule has 1 aliphatic rings. The van der Waals surface area contributed by atoms with Gasteiger partial charge >= 0.3 is 0 Å². The molecule has 0 atom stereocenters. The quantitative estimate of drug-likeness (QED) is 0.310. The minimum atomic E-state index is -0.395. The normalized spacial score (nSPS) is 14.2. The zero-order valence-corrected chi connectivity index (χ0v) is 18.0. The summed E-state index contributed by atoms with van der Waals surface area (Å²) in [6.45, 7) is 1.55. The Morgan fingerprint density at radius 2 is 1.50 bits per heavy atom. The van der Waals surface area contributed by atoms with E-state index in [1.54, 1.807) is 12.4 Å². The highest BCUT2D eigenvalue weighted by atomic mass is 16.5. The number of nitrogens with one attached hydrogen (secondary N) is 3. The van der Waals surface area contributed by atoms with Crippen LogP contribution in [0.4, 0.5) is 0 Å². The van der Waals surface area contributed by atoms with Gasteiger partial charge in [-0.3, -0.25) is 14.9 Å². The Morgan fingerprint density at radius 1 is 0.844 bits per heavy atom. The van der Waals surface area contributed by atoms with Crippen molar-refractivity contribution in [1.82, 2.24) is 20.2 Å². The lowest BCUT2D eigenvalue weighted by molar-refractivity contribution is -0.122. The summed E-state index contributed by atoms with van der Waals surface area (Å²) in [6.07, 6.45) is 4.48. The number of aromatic nitrogens is 2. The number of amides is 2. The number of hydrogen-bond donors (Lipinski definition) is 3. The summed E-state index contributed by atoms with van der Waals surface area (Å²) < 4.78 is 5.93. The SMILES string of the molecule is CN(C)CCCOc1ccc2[nH]cc(C3=C(c4c[nH]c5ccccc45)C(=O)NC3=O)c2c1. The van der Waals surface area contributed by atoms with Gasteiger partial charge in [-0.15, -0.1) is 0 Å². The molecule has 0 saturated heterocycles. The molecule has 2 aromatic heterocycles. The minimum Gasteiger partial charge on any atom is -0.494 e. The van der Waals surface area contributed by atoms with Crippen LogP contribution in [0.25, 0.3) is 33.0 Å². The summed E-state index contributed by atoms with van der Waals surface area (Å²) >= 11 is 0. The van der Waals surface area contributed by atoms with E-state index >= 15 is 0 Å². The average molecular weight is 428 g/mol. The predicted octanol–water partition coefficient (Wildman–Crippen LogP) is 3.55. The monoisotopic (exact) mass is 428 g/mol. The van der Waals surface area contributed by atoms with Crippen LogP contribution in [0.5, 0.6) is 5.75 Å². The Labute approximate surface area is 185 Å². The first kappa shape index (κ1) is 20.1.